The first-order valence-electron chi connectivity index (χ1n) is 3.62. The number of ether oxygens (including phenoxy) is 1. The van der Waals surface area contributed by atoms with Crippen LogP contribution in [-0.2, 0) is 4.74 Å². The molecule has 0 bridgehead atoms. The summed E-state index contributed by atoms with van der Waals surface area (Å²) in [4.78, 5) is 0. The fraction of sp³-hybridized carbons (Fsp3) is 0.222. The average Bonchev–Trinajstić information content (AvgIpc) is 2.88. The molecule has 0 aromatic heterocycles. The van der Waals surface area contributed by atoms with Gasteiger partial charge < -0.3 is 4.74 Å². The summed E-state index contributed by atoms with van der Waals surface area (Å²) >= 11 is 3.41. The highest BCUT2D eigenvalue weighted by Gasteiger charge is 2.26. The Kier molecular flexibility index (Phi) is 1.87. The molecule has 1 fully saturated rings. The average molecular weight is 224 g/mol. The molecule has 1 aliphatic heterocycles. The first-order valence-corrected chi connectivity index (χ1v) is 4.41. The topological polar surface area (TPSA) is 36.3 Å². The first-order chi connectivity index (χ1) is 5.81. The summed E-state index contributed by atoms with van der Waals surface area (Å²) in [5.41, 5.74) is 1.76. The molecule has 1 atom stereocenters. The van der Waals surface area contributed by atoms with Crippen molar-refractivity contribution in [2.24, 2.45) is 0 Å². The fourth-order valence-corrected chi connectivity index (χ4v) is 1.59. The van der Waals surface area contributed by atoms with E-state index in [1.807, 2.05) is 12.1 Å². The van der Waals surface area contributed by atoms with Gasteiger partial charge in [0.25, 0.3) is 0 Å². The summed E-state index contributed by atoms with van der Waals surface area (Å²) in [6.07, 6.45) is 0.202. The largest absolute Gasteiger partial charge is 0.368 e. The van der Waals surface area contributed by atoms with Crippen molar-refractivity contribution in [3.63, 3.8) is 0 Å². The van der Waals surface area contributed by atoms with Crippen molar-refractivity contribution in [1.29, 1.82) is 5.26 Å². The van der Waals surface area contributed by atoms with Gasteiger partial charge in [-0.2, -0.15) is 5.26 Å². The van der Waals surface area contributed by atoms with E-state index in [2.05, 4.69) is 22.0 Å². The second-order valence-corrected chi connectivity index (χ2v) is 3.52. The summed E-state index contributed by atoms with van der Waals surface area (Å²) in [6, 6.07) is 7.64. The Morgan fingerprint density at radius 3 is 2.92 bits per heavy atom. The van der Waals surface area contributed by atoms with E-state index >= 15 is 0 Å². The molecular weight excluding hydrogens is 218 g/mol. The third kappa shape index (κ3) is 1.36. The molecule has 12 heavy (non-hydrogen) atoms. The van der Waals surface area contributed by atoms with Crippen molar-refractivity contribution in [1.82, 2.24) is 0 Å². The van der Waals surface area contributed by atoms with Crippen molar-refractivity contribution in [3.8, 4) is 6.07 Å². The van der Waals surface area contributed by atoms with E-state index in [1.54, 1.807) is 6.07 Å². The molecule has 0 saturated carbocycles. The van der Waals surface area contributed by atoms with Gasteiger partial charge in [0.2, 0.25) is 0 Å². The Balaban J connectivity index is 2.44. The highest BCUT2D eigenvalue weighted by molar-refractivity contribution is 9.10. The van der Waals surface area contributed by atoms with Crippen LogP contribution in [0.1, 0.15) is 17.2 Å². The van der Waals surface area contributed by atoms with Crippen LogP contribution >= 0.6 is 15.9 Å². The molecule has 0 spiro atoms. The second-order valence-electron chi connectivity index (χ2n) is 2.67. The van der Waals surface area contributed by atoms with Crippen LogP contribution in [0, 0.1) is 11.3 Å². The number of rotatable bonds is 1. The lowest BCUT2D eigenvalue weighted by molar-refractivity contribution is 0.415. The molecule has 3 heteroatoms. The Labute approximate surface area is 78.9 Å². The molecule has 2 rings (SSSR count). The molecule has 1 unspecified atom stereocenters. The zero-order valence-corrected chi connectivity index (χ0v) is 7.84. The maximum atomic E-state index is 8.65. The third-order valence-electron chi connectivity index (χ3n) is 1.81. The predicted octanol–water partition coefficient (Wildman–Crippen LogP) is 2.39. The number of hydrogen-bond acceptors (Lipinski definition) is 2. The van der Waals surface area contributed by atoms with Crippen LogP contribution in [0.2, 0.25) is 0 Å². The van der Waals surface area contributed by atoms with Gasteiger partial charge in [-0.3, -0.25) is 0 Å². The van der Waals surface area contributed by atoms with Crippen molar-refractivity contribution in [2.75, 3.05) is 6.61 Å². The summed E-state index contributed by atoms with van der Waals surface area (Å²) in [6.45, 7) is 0.771. The van der Waals surface area contributed by atoms with E-state index in [-0.39, 0.29) is 6.10 Å². The lowest BCUT2D eigenvalue weighted by Gasteiger charge is -1.99. The molecule has 1 aliphatic rings. The van der Waals surface area contributed by atoms with Crippen LogP contribution in [0.3, 0.4) is 0 Å². The third-order valence-corrected chi connectivity index (χ3v) is 2.53. The van der Waals surface area contributed by atoms with Gasteiger partial charge in [0.05, 0.1) is 18.2 Å². The quantitative estimate of drug-likeness (QED) is 0.686. The fourth-order valence-electron chi connectivity index (χ4n) is 1.09. The van der Waals surface area contributed by atoms with Crippen LogP contribution < -0.4 is 0 Å². The molecule has 0 amide bonds. The van der Waals surface area contributed by atoms with Crippen LogP contribution in [0.25, 0.3) is 0 Å². The van der Waals surface area contributed by atoms with E-state index in [1.165, 1.54) is 0 Å². The smallest absolute Gasteiger partial charge is 0.107 e. The number of nitriles is 1. The molecule has 0 N–H and O–H groups in total. The molecule has 1 aromatic rings. The lowest BCUT2D eigenvalue weighted by atomic mass is 10.1. The summed E-state index contributed by atoms with van der Waals surface area (Å²) in [7, 11) is 0. The van der Waals surface area contributed by atoms with E-state index in [0.717, 1.165) is 16.6 Å². The zero-order valence-electron chi connectivity index (χ0n) is 6.25. The highest BCUT2D eigenvalue weighted by Crippen LogP contribution is 2.35. The normalized spacial score (nSPS) is 20.2. The standard InChI is InChI=1S/C9H6BrNO/c10-8-2-1-6(4-11)3-7(8)9-5-12-9/h1-3,9H,5H2. The van der Waals surface area contributed by atoms with Gasteiger partial charge in [0, 0.05) is 4.47 Å². The van der Waals surface area contributed by atoms with Gasteiger partial charge in [-0.15, -0.1) is 0 Å². The molecule has 2 nitrogen and oxygen atoms in total. The Morgan fingerprint density at radius 2 is 2.33 bits per heavy atom. The minimum atomic E-state index is 0.202. The van der Waals surface area contributed by atoms with E-state index in [9.17, 15) is 0 Å². The summed E-state index contributed by atoms with van der Waals surface area (Å²) in [5, 5.41) is 8.65. The molecule has 1 heterocycles. The minimum absolute atomic E-state index is 0.202. The maximum absolute atomic E-state index is 8.65. The number of benzene rings is 1. The van der Waals surface area contributed by atoms with Crippen molar-refractivity contribution in [2.45, 2.75) is 6.10 Å². The van der Waals surface area contributed by atoms with Crippen molar-refractivity contribution < 1.29 is 4.74 Å². The number of hydrogen-bond donors (Lipinski definition) is 0. The SMILES string of the molecule is N#Cc1ccc(Br)c(C2CO2)c1. The van der Waals surface area contributed by atoms with E-state index < -0.39 is 0 Å². The van der Waals surface area contributed by atoms with Gasteiger partial charge in [0.1, 0.15) is 6.10 Å². The monoisotopic (exact) mass is 223 g/mol. The predicted molar refractivity (Wildman–Crippen MR) is 47.6 cm³/mol. The van der Waals surface area contributed by atoms with Crippen molar-refractivity contribution >= 4 is 15.9 Å². The van der Waals surface area contributed by atoms with Crippen LogP contribution in [0.5, 0.6) is 0 Å². The number of halogens is 1. The number of epoxide rings is 1. The molecule has 1 aromatic carbocycles. The van der Waals surface area contributed by atoms with E-state index in [0.29, 0.717) is 5.56 Å². The number of nitrogens with zero attached hydrogens (tertiary/aromatic N) is 1. The van der Waals surface area contributed by atoms with Gasteiger partial charge in [-0.25, -0.2) is 0 Å². The van der Waals surface area contributed by atoms with Crippen LogP contribution in [0.15, 0.2) is 22.7 Å². The molecular formula is C9H6BrNO. The Morgan fingerprint density at radius 1 is 1.58 bits per heavy atom. The van der Waals surface area contributed by atoms with E-state index in [4.69, 9.17) is 10.00 Å². The first kappa shape index (κ1) is 7.78. The Hall–Kier alpha value is -0.850. The van der Waals surface area contributed by atoms with Crippen LogP contribution in [0.4, 0.5) is 0 Å². The summed E-state index contributed by atoms with van der Waals surface area (Å²) in [5.74, 6) is 0. The lowest BCUT2D eigenvalue weighted by Crippen LogP contribution is -1.84. The van der Waals surface area contributed by atoms with Crippen LogP contribution in [-0.4, -0.2) is 6.61 Å². The highest BCUT2D eigenvalue weighted by atomic mass is 79.9. The molecule has 1 saturated heterocycles. The maximum Gasteiger partial charge on any atom is 0.107 e. The van der Waals surface area contributed by atoms with Crippen molar-refractivity contribution in [3.05, 3.63) is 33.8 Å². The Bertz CT molecular complexity index is 352. The van der Waals surface area contributed by atoms with Gasteiger partial charge in [0.15, 0.2) is 0 Å². The molecule has 0 radical (unpaired) electrons. The summed E-state index contributed by atoms with van der Waals surface area (Å²) < 4.78 is 6.15. The minimum Gasteiger partial charge on any atom is -0.368 e. The zero-order chi connectivity index (χ0) is 8.55. The van der Waals surface area contributed by atoms with Gasteiger partial charge >= 0.3 is 0 Å². The van der Waals surface area contributed by atoms with Gasteiger partial charge in [-0.1, -0.05) is 15.9 Å². The second kappa shape index (κ2) is 2.89. The molecule has 0 aliphatic carbocycles. The molecule has 60 valence electrons. The van der Waals surface area contributed by atoms with Gasteiger partial charge in [-0.05, 0) is 23.8 Å².